The third-order valence-electron chi connectivity index (χ3n) is 4.68. The molecule has 1 saturated heterocycles. The van der Waals surface area contributed by atoms with Crippen molar-refractivity contribution in [2.24, 2.45) is 0 Å². The third kappa shape index (κ3) is 4.10. The van der Waals surface area contributed by atoms with E-state index < -0.39 is 22.8 Å². The molecule has 4 amide bonds. The number of amides is 4. The van der Waals surface area contributed by atoms with Crippen molar-refractivity contribution in [1.29, 1.82) is 0 Å². The van der Waals surface area contributed by atoms with Crippen LogP contribution in [0.1, 0.15) is 11.1 Å². The molecule has 0 aliphatic carbocycles. The SMILES string of the molecule is O=C1NC(=O)C(=Cc2c(OCc3cccc([N+](=O)[O-])c3)ccc3ccccc23)C(=O)N1. The van der Waals surface area contributed by atoms with Crippen LogP contribution in [0, 0.1) is 10.1 Å². The summed E-state index contributed by atoms with van der Waals surface area (Å²) in [5, 5.41) is 16.6. The number of nitro groups is 1. The minimum Gasteiger partial charge on any atom is -0.488 e. The van der Waals surface area contributed by atoms with Gasteiger partial charge in [-0.3, -0.25) is 30.3 Å². The first kappa shape index (κ1) is 19.8. The van der Waals surface area contributed by atoms with E-state index in [9.17, 15) is 24.5 Å². The third-order valence-corrected chi connectivity index (χ3v) is 4.68. The van der Waals surface area contributed by atoms with Gasteiger partial charge in [-0.2, -0.15) is 0 Å². The highest BCUT2D eigenvalue weighted by atomic mass is 16.6. The lowest BCUT2D eigenvalue weighted by Gasteiger charge is -2.16. The van der Waals surface area contributed by atoms with Crippen molar-refractivity contribution < 1.29 is 24.0 Å². The number of urea groups is 1. The number of fused-ring (bicyclic) bond motifs is 1. The number of hydrogen-bond donors (Lipinski definition) is 2. The number of imide groups is 2. The molecule has 3 aromatic rings. The van der Waals surface area contributed by atoms with E-state index in [0.717, 1.165) is 10.8 Å². The molecule has 2 N–H and O–H groups in total. The van der Waals surface area contributed by atoms with Crippen molar-refractivity contribution in [2.75, 3.05) is 0 Å². The van der Waals surface area contributed by atoms with Crippen LogP contribution in [0.3, 0.4) is 0 Å². The number of carbonyl (C=O) groups excluding carboxylic acids is 3. The van der Waals surface area contributed by atoms with Crippen molar-refractivity contribution in [2.45, 2.75) is 6.61 Å². The van der Waals surface area contributed by atoms with E-state index in [-0.39, 0.29) is 17.9 Å². The van der Waals surface area contributed by atoms with Crippen LogP contribution in [-0.4, -0.2) is 22.8 Å². The average Bonchev–Trinajstić information content (AvgIpc) is 2.75. The van der Waals surface area contributed by atoms with Gasteiger partial charge in [-0.15, -0.1) is 0 Å². The quantitative estimate of drug-likeness (QED) is 0.284. The van der Waals surface area contributed by atoms with E-state index in [4.69, 9.17) is 4.74 Å². The highest BCUT2D eigenvalue weighted by molar-refractivity contribution is 6.31. The van der Waals surface area contributed by atoms with Crippen LogP contribution in [0.25, 0.3) is 16.8 Å². The van der Waals surface area contributed by atoms with Crippen molar-refractivity contribution in [1.82, 2.24) is 10.6 Å². The van der Waals surface area contributed by atoms with Gasteiger partial charge in [0.2, 0.25) is 0 Å². The Kier molecular flexibility index (Phi) is 5.15. The van der Waals surface area contributed by atoms with Crippen LogP contribution < -0.4 is 15.4 Å². The van der Waals surface area contributed by atoms with Gasteiger partial charge in [0.25, 0.3) is 17.5 Å². The van der Waals surface area contributed by atoms with Gasteiger partial charge in [-0.25, -0.2) is 4.79 Å². The van der Waals surface area contributed by atoms with Gasteiger partial charge in [-0.05, 0) is 28.5 Å². The van der Waals surface area contributed by atoms with Gasteiger partial charge in [0, 0.05) is 17.7 Å². The largest absolute Gasteiger partial charge is 0.488 e. The van der Waals surface area contributed by atoms with Crippen LogP contribution >= 0.6 is 0 Å². The highest BCUT2D eigenvalue weighted by Crippen LogP contribution is 2.31. The first-order valence-corrected chi connectivity index (χ1v) is 9.18. The number of hydrogen-bond acceptors (Lipinski definition) is 6. The zero-order chi connectivity index (χ0) is 22.0. The number of benzene rings is 3. The maximum Gasteiger partial charge on any atom is 0.328 e. The van der Waals surface area contributed by atoms with Gasteiger partial charge >= 0.3 is 6.03 Å². The minimum absolute atomic E-state index is 0.0348. The minimum atomic E-state index is -0.882. The molecule has 9 heteroatoms. The lowest BCUT2D eigenvalue weighted by molar-refractivity contribution is -0.384. The molecule has 31 heavy (non-hydrogen) atoms. The van der Waals surface area contributed by atoms with Gasteiger partial charge in [0.15, 0.2) is 0 Å². The second-order valence-corrected chi connectivity index (χ2v) is 6.71. The molecule has 1 aliphatic heterocycles. The summed E-state index contributed by atoms with van der Waals surface area (Å²) in [4.78, 5) is 46.2. The molecule has 1 heterocycles. The summed E-state index contributed by atoms with van der Waals surface area (Å²) < 4.78 is 5.90. The molecule has 0 bridgehead atoms. The zero-order valence-electron chi connectivity index (χ0n) is 16.0. The molecular weight excluding hydrogens is 402 g/mol. The van der Waals surface area contributed by atoms with Crippen LogP contribution in [-0.2, 0) is 16.2 Å². The van der Waals surface area contributed by atoms with Crippen LogP contribution in [0.2, 0.25) is 0 Å². The standard InChI is InChI=1S/C22H15N3O6/c26-20-18(21(27)24-22(28)23-20)11-17-16-7-2-1-5-14(16)8-9-19(17)31-12-13-4-3-6-15(10-13)25(29)30/h1-11H,12H2,(H2,23,24,26,27,28). The fraction of sp³-hybridized carbons (Fsp3) is 0.0455. The summed E-state index contributed by atoms with van der Waals surface area (Å²) in [5.41, 5.74) is 0.760. The molecular formula is C22H15N3O6. The Hall–Kier alpha value is -4.53. The van der Waals surface area contributed by atoms with Crippen molar-refractivity contribution in [3.05, 3.63) is 87.5 Å². The Labute approximate surface area is 175 Å². The van der Waals surface area contributed by atoms with Gasteiger partial charge in [0.05, 0.1) is 4.92 Å². The molecule has 3 aromatic carbocycles. The topological polar surface area (TPSA) is 128 Å². The fourth-order valence-electron chi connectivity index (χ4n) is 3.22. The first-order chi connectivity index (χ1) is 14.9. The van der Waals surface area contributed by atoms with E-state index in [2.05, 4.69) is 0 Å². The Morgan fingerprint density at radius 2 is 1.68 bits per heavy atom. The van der Waals surface area contributed by atoms with Crippen LogP contribution in [0.15, 0.2) is 66.2 Å². The molecule has 154 valence electrons. The van der Waals surface area contributed by atoms with E-state index in [0.29, 0.717) is 16.9 Å². The number of nitrogens with one attached hydrogen (secondary N) is 2. The second kappa shape index (κ2) is 8.07. The van der Waals surface area contributed by atoms with Gasteiger partial charge < -0.3 is 4.74 Å². The van der Waals surface area contributed by atoms with Crippen molar-refractivity contribution in [3.63, 3.8) is 0 Å². The molecule has 0 radical (unpaired) electrons. The lowest BCUT2D eigenvalue weighted by Crippen LogP contribution is -2.51. The molecule has 4 rings (SSSR count). The summed E-state index contributed by atoms with van der Waals surface area (Å²) in [6.07, 6.45) is 1.36. The van der Waals surface area contributed by atoms with Gasteiger partial charge in [-0.1, -0.05) is 42.5 Å². The predicted molar refractivity (Wildman–Crippen MR) is 111 cm³/mol. The summed E-state index contributed by atoms with van der Waals surface area (Å²) in [6.45, 7) is 0.0348. The maximum absolute atomic E-state index is 12.2. The summed E-state index contributed by atoms with van der Waals surface area (Å²) >= 11 is 0. The lowest BCUT2D eigenvalue weighted by atomic mass is 10.00. The monoisotopic (exact) mass is 417 g/mol. The molecule has 0 unspecified atom stereocenters. The summed E-state index contributed by atoms with van der Waals surface area (Å²) in [5.74, 6) is -1.26. The zero-order valence-corrected chi connectivity index (χ0v) is 16.0. The number of nitro benzene ring substituents is 1. The van der Waals surface area contributed by atoms with Crippen molar-refractivity contribution in [3.8, 4) is 5.75 Å². The number of non-ortho nitro benzene ring substituents is 1. The van der Waals surface area contributed by atoms with E-state index >= 15 is 0 Å². The van der Waals surface area contributed by atoms with E-state index in [1.807, 2.05) is 34.9 Å². The Morgan fingerprint density at radius 3 is 2.42 bits per heavy atom. The number of nitrogens with zero attached hydrogens (tertiary/aromatic N) is 1. The van der Waals surface area contributed by atoms with E-state index in [1.165, 1.54) is 18.2 Å². The normalized spacial score (nSPS) is 13.5. The number of barbiturate groups is 1. The van der Waals surface area contributed by atoms with Gasteiger partial charge in [0.1, 0.15) is 17.9 Å². The summed E-state index contributed by atoms with van der Waals surface area (Å²) in [7, 11) is 0. The molecule has 0 atom stereocenters. The van der Waals surface area contributed by atoms with Crippen molar-refractivity contribution >= 4 is 40.4 Å². The molecule has 0 spiro atoms. The molecule has 1 fully saturated rings. The molecule has 0 aromatic heterocycles. The number of ether oxygens (including phenoxy) is 1. The summed E-state index contributed by atoms with van der Waals surface area (Å²) in [6, 6.07) is 16.0. The maximum atomic E-state index is 12.2. The molecule has 1 aliphatic rings. The Balaban J connectivity index is 1.74. The van der Waals surface area contributed by atoms with E-state index in [1.54, 1.807) is 24.3 Å². The fourth-order valence-corrected chi connectivity index (χ4v) is 3.22. The average molecular weight is 417 g/mol. The first-order valence-electron chi connectivity index (χ1n) is 9.18. The highest BCUT2D eigenvalue weighted by Gasteiger charge is 2.28. The molecule has 0 saturated carbocycles. The molecule has 9 nitrogen and oxygen atoms in total. The second-order valence-electron chi connectivity index (χ2n) is 6.71. The Morgan fingerprint density at radius 1 is 0.935 bits per heavy atom. The van der Waals surface area contributed by atoms with Crippen LogP contribution in [0.5, 0.6) is 5.75 Å². The number of rotatable bonds is 5. The van der Waals surface area contributed by atoms with Crippen LogP contribution in [0.4, 0.5) is 10.5 Å². The smallest absolute Gasteiger partial charge is 0.328 e. The number of carbonyl (C=O) groups is 3. The predicted octanol–water partition coefficient (Wildman–Crippen LogP) is 3.08. The Bertz CT molecular complexity index is 1260.